The molecule has 1 aliphatic heterocycles. The van der Waals surface area contributed by atoms with Gasteiger partial charge in [0.15, 0.2) is 0 Å². The summed E-state index contributed by atoms with van der Waals surface area (Å²) >= 11 is 0. The minimum Gasteiger partial charge on any atom is -0.494 e. The van der Waals surface area contributed by atoms with Gasteiger partial charge in [-0.1, -0.05) is 19.1 Å². The molecule has 1 aromatic rings. The van der Waals surface area contributed by atoms with Crippen LogP contribution in [0.25, 0.3) is 0 Å². The first-order chi connectivity index (χ1) is 9.35. The Kier molecular flexibility index (Phi) is 5.20. The van der Waals surface area contributed by atoms with Gasteiger partial charge in [-0.05, 0) is 24.1 Å². The number of hydrogen-bond acceptors (Lipinski definition) is 4. The summed E-state index contributed by atoms with van der Waals surface area (Å²) in [5.41, 5.74) is 1.05. The van der Waals surface area contributed by atoms with Crippen LogP contribution >= 0.6 is 0 Å². The Hall–Kier alpha value is -1.57. The summed E-state index contributed by atoms with van der Waals surface area (Å²) in [5.74, 6) is 0.877. The molecule has 1 aromatic carbocycles. The zero-order chi connectivity index (χ0) is 13.5. The smallest absolute Gasteiger partial charge is 0.123 e. The van der Waals surface area contributed by atoms with Crippen LogP contribution in [0.1, 0.15) is 24.9 Å². The predicted molar refractivity (Wildman–Crippen MR) is 75.0 cm³/mol. The summed E-state index contributed by atoms with van der Waals surface area (Å²) in [6, 6.07) is 10.2. The molecule has 0 saturated carbocycles. The molecule has 19 heavy (non-hydrogen) atoms. The largest absolute Gasteiger partial charge is 0.494 e. The van der Waals surface area contributed by atoms with E-state index in [0.29, 0.717) is 0 Å². The van der Waals surface area contributed by atoms with Crippen molar-refractivity contribution in [3.05, 3.63) is 29.8 Å². The number of nitrogens with zero attached hydrogens (tertiary/aromatic N) is 2. The monoisotopic (exact) mass is 259 g/mol. The summed E-state index contributed by atoms with van der Waals surface area (Å²) in [4.78, 5) is 2.22. The summed E-state index contributed by atoms with van der Waals surface area (Å²) in [7, 11) is 0. The van der Waals surface area contributed by atoms with E-state index in [-0.39, 0.29) is 6.04 Å². The molecule has 0 amide bonds. The molecule has 102 valence electrons. The summed E-state index contributed by atoms with van der Waals surface area (Å²) < 4.78 is 5.56. The van der Waals surface area contributed by atoms with Gasteiger partial charge in [0.25, 0.3) is 0 Å². The van der Waals surface area contributed by atoms with E-state index in [1.807, 2.05) is 24.3 Å². The first-order valence-corrected chi connectivity index (χ1v) is 6.92. The van der Waals surface area contributed by atoms with Crippen molar-refractivity contribution in [2.45, 2.75) is 19.4 Å². The third-order valence-corrected chi connectivity index (χ3v) is 3.31. The Bertz CT molecular complexity index is 418. The van der Waals surface area contributed by atoms with Crippen molar-refractivity contribution in [1.82, 2.24) is 10.2 Å². The fourth-order valence-electron chi connectivity index (χ4n) is 2.27. The molecule has 0 aliphatic carbocycles. The molecular formula is C15H21N3O. The standard InChI is InChI=1S/C15H21N3O/c1-2-11-19-14-5-3-13(4-6-14)15(12-16)18-9-7-17-8-10-18/h3-6,15,17H,2,7-11H2,1H3. The van der Waals surface area contributed by atoms with E-state index in [4.69, 9.17) is 4.74 Å². The van der Waals surface area contributed by atoms with Gasteiger partial charge in [-0.25, -0.2) is 0 Å². The maximum absolute atomic E-state index is 9.40. The maximum atomic E-state index is 9.40. The molecule has 1 saturated heterocycles. The summed E-state index contributed by atoms with van der Waals surface area (Å²) in [6.45, 7) is 6.58. The summed E-state index contributed by atoms with van der Waals surface area (Å²) in [5, 5.41) is 12.7. The molecule has 0 radical (unpaired) electrons. The van der Waals surface area contributed by atoms with Crippen molar-refractivity contribution < 1.29 is 4.74 Å². The Labute approximate surface area is 115 Å². The predicted octanol–water partition coefficient (Wildman–Crippen LogP) is 1.95. The molecule has 1 N–H and O–H groups in total. The number of hydrogen-bond donors (Lipinski definition) is 1. The molecule has 1 fully saturated rings. The molecule has 4 heteroatoms. The van der Waals surface area contributed by atoms with Crippen LogP contribution in [-0.4, -0.2) is 37.7 Å². The molecule has 4 nitrogen and oxygen atoms in total. The highest BCUT2D eigenvalue weighted by Crippen LogP contribution is 2.23. The lowest BCUT2D eigenvalue weighted by Gasteiger charge is -2.31. The Morgan fingerprint density at radius 3 is 2.58 bits per heavy atom. The number of nitrogens with one attached hydrogen (secondary N) is 1. The van der Waals surface area contributed by atoms with Crippen molar-refractivity contribution in [2.24, 2.45) is 0 Å². The van der Waals surface area contributed by atoms with Crippen LogP contribution in [-0.2, 0) is 0 Å². The van der Waals surface area contributed by atoms with Gasteiger partial charge in [0.1, 0.15) is 11.8 Å². The maximum Gasteiger partial charge on any atom is 0.123 e. The molecule has 1 atom stereocenters. The lowest BCUT2D eigenvalue weighted by atomic mass is 10.1. The van der Waals surface area contributed by atoms with Gasteiger partial charge in [-0.3, -0.25) is 4.90 Å². The van der Waals surface area contributed by atoms with E-state index in [9.17, 15) is 5.26 Å². The Morgan fingerprint density at radius 1 is 1.32 bits per heavy atom. The van der Waals surface area contributed by atoms with E-state index in [1.165, 1.54) is 0 Å². The van der Waals surface area contributed by atoms with Gasteiger partial charge in [0.05, 0.1) is 12.7 Å². The molecule has 1 unspecified atom stereocenters. The second-order valence-corrected chi connectivity index (χ2v) is 4.74. The zero-order valence-electron chi connectivity index (χ0n) is 11.4. The van der Waals surface area contributed by atoms with Crippen LogP contribution in [0.4, 0.5) is 0 Å². The molecule has 2 rings (SSSR count). The van der Waals surface area contributed by atoms with Crippen LogP contribution < -0.4 is 10.1 Å². The average molecular weight is 259 g/mol. The fraction of sp³-hybridized carbons (Fsp3) is 0.533. The van der Waals surface area contributed by atoms with Gasteiger partial charge in [-0.2, -0.15) is 5.26 Å². The number of rotatable bonds is 5. The molecule has 0 spiro atoms. The first kappa shape index (κ1) is 13.9. The average Bonchev–Trinajstić information content (AvgIpc) is 2.48. The third-order valence-electron chi connectivity index (χ3n) is 3.31. The van der Waals surface area contributed by atoms with Gasteiger partial charge < -0.3 is 10.1 Å². The molecular weight excluding hydrogens is 238 g/mol. The van der Waals surface area contributed by atoms with Gasteiger partial charge in [0.2, 0.25) is 0 Å². The van der Waals surface area contributed by atoms with Crippen LogP contribution in [0, 0.1) is 11.3 Å². The quantitative estimate of drug-likeness (QED) is 0.878. The Morgan fingerprint density at radius 2 is 2.00 bits per heavy atom. The minimum absolute atomic E-state index is 0.151. The van der Waals surface area contributed by atoms with E-state index in [1.54, 1.807) is 0 Å². The zero-order valence-corrected chi connectivity index (χ0v) is 11.4. The highest BCUT2D eigenvalue weighted by molar-refractivity contribution is 5.31. The highest BCUT2D eigenvalue weighted by atomic mass is 16.5. The molecule has 0 aromatic heterocycles. The van der Waals surface area contributed by atoms with Crippen LogP contribution in [0.3, 0.4) is 0 Å². The van der Waals surface area contributed by atoms with E-state index in [0.717, 1.165) is 50.5 Å². The van der Waals surface area contributed by atoms with Crippen molar-refractivity contribution in [3.8, 4) is 11.8 Å². The van der Waals surface area contributed by atoms with Crippen molar-refractivity contribution in [1.29, 1.82) is 5.26 Å². The number of ether oxygens (including phenoxy) is 1. The number of nitriles is 1. The normalized spacial score (nSPS) is 17.7. The van der Waals surface area contributed by atoms with Gasteiger partial charge in [-0.15, -0.1) is 0 Å². The van der Waals surface area contributed by atoms with Crippen LogP contribution in [0.5, 0.6) is 5.75 Å². The lowest BCUT2D eigenvalue weighted by Crippen LogP contribution is -2.44. The number of benzene rings is 1. The number of piperazine rings is 1. The molecule has 1 aliphatic rings. The molecule has 0 bridgehead atoms. The minimum atomic E-state index is -0.151. The summed E-state index contributed by atoms with van der Waals surface area (Å²) in [6.07, 6.45) is 1.00. The van der Waals surface area contributed by atoms with Gasteiger partial charge in [0, 0.05) is 26.2 Å². The topological polar surface area (TPSA) is 48.3 Å². The SMILES string of the molecule is CCCOc1ccc(C(C#N)N2CCNCC2)cc1. The third kappa shape index (κ3) is 3.69. The fourth-order valence-corrected chi connectivity index (χ4v) is 2.27. The first-order valence-electron chi connectivity index (χ1n) is 6.92. The van der Waals surface area contributed by atoms with Crippen molar-refractivity contribution in [2.75, 3.05) is 32.8 Å². The second kappa shape index (κ2) is 7.13. The van der Waals surface area contributed by atoms with E-state index in [2.05, 4.69) is 23.2 Å². The van der Waals surface area contributed by atoms with Gasteiger partial charge >= 0.3 is 0 Å². The molecule has 1 heterocycles. The highest BCUT2D eigenvalue weighted by Gasteiger charge is 2.21. The van der Waals surface area contributed by atoms with E-state index < -0.39 is 0 Å². The lowest BCUT2D eigenvalue weighted by molar-refractivity contribution is 0.207. The van der Waals surface area contributed by atoms with Crippen LogP contribution in [0.2, 0.25) is 0 Å². The van der Waals surface area contributed by atoms with Crippen molar-refractivity contribution >= 4 is 0 Å². The van der Waals surface area contributed by atoms with Crippen molar-refractivity contribution in [3.63, 3.8) is 0 Å². The van der Waals surface area contributed by atoms with E-state index >= 15 is 0 Å². The Balaban J connectivity index is 2.04. The second-order valence-electron chi connectivity index (χ2n) is 4.74. The van der Waals surface area contributed by atoms with Crippen LogP contribution in [0.15, 0.2) is 24.3 Å².